The largest absolute Gasteiger partial charge is 0.462 e. The molecule has 0 aromatic heterocycles. The lowest BCUT2D eigenvalue weighted by atomic mass is 9.91. The molecule has 1 aromatic rings. The summed E-state index contributed by atoms with van der Waals surface area (Å²) in [5.74, 6) is -0.493. The molecule has 2 fully saturated rings. The van der Waals surface area contributed by atoms with Crippen LogP contribution in [0.1, 0.15) is 76.6 Å². The highest BCUT2D eigenvalue weighted by Gasteiger charge is 2.51. The Kier molecular flexibility index (Phi) is 8.80. The number of hydrogen-bond donors (Lipinski definition) is 0. The Morgan fingerprint density at radius 1 is 1.21 bits per heavy atom. The van der Waals surface area contributed by atoms with Crippen LogP contribution in [0, 0.1) is 11.8 Å². The first-order valence-electron chi connectivity index (χ1n) is 12.8. The van der Waals surface area contributed by atoms with Gasteiger partial charge >= 0.3 is 11.9 Å². The molecule has 1 aromatic carbocycles. The second-order valence-electron chi connectivity index (χ2n) is 11.3. The molecule has 1 saturated carbocycles. The van der Waals surface area contributed by atoms with Crippen molar-refractivity contribution < 1.29 is 23.5 Å². The minimum Gasteiger partial charge on any atom is -0.462 e. The van der Waals surface area contributed by atoms with Crippen LogP contribution >= 0.6 is 0 Å². The second kappa shape index (κ2) is 11.2. The number of unbranched alkanes of at least 4 members (excludes halogenated alkanes) is 2. The van der Waals surface area contributed by atoms with Crippen LogP contribution in [-0.2, 0) is 18.7 Å². The molecule has 1 heterocycles. The minimum absolute atomic E-state index is 0.0231. The third kappa shape index (κ3) is 6.60. The van der Waals surface area contributed by atoms with Gasteiger partial charge in [-0.25, -0.2) is 4.79 Å². The van der Waals surface area contributed by atoms with E-state index in [1.165, 1.54) is 12.8 Å². The smallest absolute Gasteiger partial charge is 0.338 e. The summed E-state index contributed by atoms with van der Waals surface area (Å²) >= 11 is 0. The Hall–Kier alpha value is -1.92. The molecule has 1 saturated heterocycles. The minimum atomic E-state index is -1.95. The van der Waals surface area contributed by atoms with Crippen LogP contribution in [0.3, 0.4) is 0 Å². The van der Waals surface area contributed by atoms with Crippen molar-refractivity contribution in [2.24, 2.45) is 11.8 Å². The fraction of sp³-hybridized carbons (Fsp3) is 0.643. The predicted molar refractivity (Wildman–Crippen MR) is 137 cm³/mol. The summed E-state index contributed by atoms with van der Waals surface area (Å²) < 4.78 is 18.3. The Bertz CT molecular complexity index is 857. The van der Waals surface area contributed by atoms with Crippen LogP contribution in [0.5, 0.6) is 0 Å². The Morgan fingerprint density at radius 2 is 1.91 bits per heavy atom. The van der Waals surface area contributed by atoms with Crippen molar-refractivity contribution in [1.82, 2.24) is 0 Å². The van der Waals surface area contributed by atoms with Gasteiger partial charge in [0.1, 0.15) is 12.2 Å². The van der Waals surface area contributed by atoms with E-state index in [1.807, 2.05) is 18.2 Å². The molecule has 0 unspecified atom stereocenters. The zero-order valence-corrected chi connectivity index (χ0v) is 22.7. The molecule has 2 aliphatic rings. The molecule has 0 radical (unpaired) electrons. The highest BCUT2D eigenvalue weighted by molar-refractivity contribution is 6.74. The maximum atomic E-state index is 12.8. The number of esters is 2. The van der Waals surface area contributed by atoms with Crippen LogP contribution < -0.4 is 0 Å². The molecule has 1 aliphatic heterocycles. The zero-order valence-electron chi connectivity index (χ0n) is 21.7. The van der Waals surface area contributed by atoms with Crippen molar-refractivity contribution >= 4 is 20.3 Å². The topological polar surface area (TPSA) is 61.8 Å². The van der Waals surface area contributed by atoms with E-state index in [0.29, 0.717) is 18.4 Å². The maximum Gasteiger partial charge on any atom is 0.338 e. The van der Waals surface area contributed by atoms with Gasteiger partial charge < -0.3 is 13.9 Å². The van der Waals surface area contributed by atoms with Gasteiger partial charge in [-0.2, -0.15) is 0 Å². The SMILES string of the molecule is CCCCC[C@@H](/C=C/[C@@H]1[C@H]2CC(=O)O[C@H]2C[C@H]1OC(=O)c1ccccc1)O[Si](C)(C)C(C)(C)C. The third-order valence-electron chi connectivity index (χ3n) is 7.71. The van der Waals surface area contributed by atoms with E-state index in [2.05, 4.69) is 52.9 Å². The lowest BCUT2D eigenvalue weighted by Crippen LogP contribution is -2.43. The number of carbonyl (C=O) groups is 2. The molecule has 1 aliphatic carbocycles. The normalized spacial score (nSPS) is 25.9. The Labute approximate surface area is 206 Å². The molecule has 0 N–H and O–H groups in total. The van der Waals surface area contributed by atoms with Gasteiger partial charge in [-0.05, 0) is 36.7 Å². The van der Waals surface area contributed by atoms with Crippen LogP contribution in [0.2, 0.25) is 18.1 Å². The Morgan fingerprint density at radius 3 is 2.56 bits per heavy atom. The molecular formula is C28H42O5Si. The van der Waals surface area contributed by atoms with Gasteiger partial charge in [-0.3, -0.25) is 4.79 Å². The van der Waals surface area contributed by atoms with Crippen LogP contribution in [-0.4, -0.2) is 38.6 Å². The van der Waals surface area contributed by atoms with Gasteiger partial charge in [0.25, 0.3) is 0 Å². The maximum absolute atomic E-state index is 12.8. The molecule has 6 heteroatoms. The molecule has 3 rings (SSSR count). The second-order valence-corrected chi connectivity index (χ2v) is 16.1. The zero-order chi connectivity index (χ0) is 24.9. The number of benzene rings is 1. The van der Waals surface area contributed by atoms with E-state index in [-0.39, 0.29) is 47.1 Å². The molecule has 0 bridgehead atoms. The number of fused-ring (bicyclic) bond motifs is 1. The van der Waals surface area contributed by atoms with Gasteiger partial charge in [-0.1, -0.05) is 77.3 Å². The van der Waals surface area contributed by atoms with E-state index in [1.54, 1.807) is 12.1 Å². The summed E-state index contributed by atoms with van der Waals surface area (Å²) in [4.78, 5) is 24.8. The summed E-state index contributed by atoms with van der Waals surface area (Å²) in [6.07, 6.45) is 9.22. The molecule has 34 heavy (non-hydrogen) atoms. The first kappa shape index (κ1) is 26.7. The van der Waals surface area contributed by atoms with Gasteiger partial charge in [-0.15, -0.1) is 0 Å². The van der Waals surface area contributed by atoms with Gasteiger partial charge in [0.05, 0.1) is 18.1 Å². The molecule has 0 spiro atoms. The number of hydrogen-bond acceptors (Lipinski definition) is 5. The van der Waals surface area contributed by atoms with E-state index in [4.69, 9.17) is 13.9 Å². The van der Waals surface area contributed by atoms with E-state index in [9.17, 15) is 9.59 Å². The van der Waals surface area contributed by atoms with Crippen LogP contribution in [0.4, 0.5) is 0 Å². The van der Waals surface area contributed by atoms with Crippen LogP contribution in [0.15, 0.2) is 42.5 Å². The standard InChI is InChI=1S/C28H42O5Si/c1-7-8-10-15-21(33-34(5,6)28(2,3)4)16-17-22-23-18-26(29)31-25(23)19-24(22)32-27(30)20-13-11-9-12-14-20/h9,11-14,16-17,21-25H,7-8,10,15,18-19H2,1-6H3/b17-16+/t21-,22+,23+,24+,25-/m0/s1. The van der Waals surface area contributed by atoms with Gasteiger partial charge in [0.15, 0.2) is 8.32 Å². The highest BCUT2D eigenvalue weighted by Crippen LogP contribution is 2.44. The van der Waals surface area contributed by atoms with Crippen molar-refractivity contribution in [2.75, 3.05) is 0 Å². The first-order chi connectivity index (χ1) is 16.0. The summed E-state index contributed by atoms with van der Waals surface area (Å²) in [6, 6.07) is 9.07. The molecule has 188 valence electrons. The lowest BCUT2D eigenvalue weighted by Gasteiger charge is -2.39. The summed E-state index contributed by atoms with van der Waals surface area (Å²) in [5, 5.41) is 0.127. The summed E-state index contributed by atoms with van der Waals surface area (Å²) in [6.45, 7) is 13.6. The lowest BCUT2D eigenvalue weighted by molar-refractivity contribution is -0.141. The number of rotatable bonds is 10. The van der Waals surface area contributed by atoms with E-state index < -0.39 is 8.32 Å². The third-order valence-corrected chi connectivity index (χ3v) is 12.2. The number of carbonyl (C=O) groups excluding carboxylic acids is 2. The summed E-state index contributed by atoms with van der Waals surface area (Å²) in [7, 11) is -1.95. The van der Waals surface area contributed by atoms with E-state index >= 15 is 0 Å². The first-order valence-corrected chi connectivity index (χ1v) is 15.7. The summed E-state index contributed by atoms with van der Waals surface area (Å²) in [5.41, 5.74) is 0.540. The molecule has 5 nitrogen and oxygen atoms in total. The Balaban J connectivity index is 1.78. The fourth-order valence-corrected chi connectivity index (χ4v) is 5.97. The monoisotopic (exact) mass is 486 g/mol. The van der Waals surface area contributed by atoms with Gasteiger partial charge in [0, 0.05) is 18.3 Å². The molecule has 0 amide bonds. The van der Waals surface area contributed by atoms with Crippen molar-refractivity contribution in [3.8, 4) is 0 Å². The number of ether oxygens (including phenoxy) is 2. The van der Waals surface area contributed by atoms with Crippen molar-refractivity contribution in [2.45, 2.75) is 103 Å². The predicted octanol–water partition coefficient (Wildman–Crippen LogP) is 6.69. The quantitative estimate of drug-likeness (QED) is 0.160. The van der Waals surface area contributed by atoms with E-state index in [0.717, 1.165) is 12.8 Å². The van der Waals surface area contributed by atoms with Crippen molar-refractivity contribution in [3.05, 3.63) is 48.0 Å². The highest BCUT2D eigenvalue weighted by atomic mass is 28.4. The van der Waals surface area contributed by atoms with Crippen molar-refractivity contribution in [3.63, 3.8) is 0 Å². The molecule has 5 atom stereocenters. The average molecular weight is 487 g/mol. The molecular weight excluding hydrogens is 444 g/mol. The van der Waals surface area contributed by atoms with Crippen LogP contribution in [0.25, 0.3) is 0 Å². The van der Waals surface area contributed by atoms with Crippen molar-refractivity contribution in [1.29, 1.82) is 0 Å². The average Bonchev–Trinajstić information content (AvgIpc) is 3.27. The fourth-order valence-electron chi connectivity index (χ4n) is 4.67. The van der Waals surface area contributed by atoms with Gasteiger partial charge in [0.2, 0.25) is 0 Å².